The third-order valence-corrected chi connectivity index (χ3v) is 17.9. The highest BCUT2D eigenvalue weighted by atomic mass is 28.4. The van der Waals surface area contributed by atoms with Crippen molar-refractivity contribution in [2.75, 3.05) is 0 Å². The van der Waals surface area contributed by atoms with E-state index in [1.807, 2.05) is 0 Å². The van der Waals surface area contributed by atoms with Crippen molar-refractivity contribution in [3.8, 4) is 0 Å². The smallest absolute Gasteiger partial charge is 0.217 e. The Bertz CT molecular complexity index is 445. The van der Waals surface area contributed by atoms with E-state index in [0.717, 1.165) is 0 Å². The molecule has 0 atom stereocenters. The van der Waals surface area contributed by atoms with Crippen molar-refractivity contribution in [2.45, 2.75) is 77.6 Å². The molecule has 0 saturated heterocycles. The topological polar surface area (TPSA) is 9.23 Å². The highest BCUT2D eigenvalue weighted by Gasteiger charge is 2.61. The van der Waals surface area contributed by atoms with E-state index in [1.54, 1.807) is 10.4 Å². The number of hydrogen-bond acceptors (Lipinski definition) is 1. The van der Waals surface area contributed by atoms with Gasteiger partial charge in [-0.15, -0.1) is 0 Å². The van der Waals surface area contributed by atoms with E-state index < -0.39 is 16.6 Å². The van der Waals surface area contributed by atoms with Crippen LogP contribution in [0.1, 0.15) is 55.4 Å². The maximum atomic E-state index is 7.33. The summed E-state index contributed by atoms with van der Waals surface area (Å²) in [5, 5.41) is 3.23. The Labute approximate surface area is 133 Å². The van der Waals surface area contributed by atoms with Crippen molar-refractivity contribution < 1.29 is 4.12 Å². The van der Waals surface area contributed by atoms with Crippen LogP contribution in [0.2, 0.25) is 22.2 Å². The second-order valence-corrected chi connectivity index (χ2v) is 17.5. The third kappa shape index (κ3) is 2.20. The fourth-order valence-electron chi connectivity index (χ4n) is 4.60. The van der Waals surface area contributed by atoms with Crippen LogP contribution >= 0.6 is 0 Å². The molecule has 1 aromatic carbocycles. The first-order chi connectivity index (χ1) is 9.71. The summed E-state index contributed by atoms with van der Waals surface area (Å²) >= 11 is 0. The molecule has 1 aliphatic rings. The minimum Gasteiger partial charge on any atom is -0.448 e. The molecule has 3 heteroatoms. The molecule has 2 rings (SSSR count). The quantitative estimate of drug-likeness (QED) is 0.733. The van der Waals surface area contributed by atoms with Crippen molar-refractivity contribution in [2.24, 2.45) is 0 Å². The molecular formula is C18H32OSi2. The van der Waals surface area contributed by atoms with Gasteiger partial charge in [0.25, 0.3) is 0 Å². The number of hydrogen-bond donors (Lipinski definition) is 0. The van der Waals surface area contributed by atoms with Gasteiger partial charge in [0.15, 0.2) is 0 Å². The van der Waals surface area contributed by atoms with Crippen LogP contribution in [0, 0.1) is 0 Å². The predicted molar refractivity (Wildman–Crippen MR) is 98.7 cm³/mol. The summed E-state index contributed by atoms with van der Waals surface area (Å²) in [5.74, 6) is 0. The van der Waals surface area contributed by atoms with Crippen LogP contribution in [0.25, 0.3) is 0 Å². The maximum absolute atomic E-state index is 7.33. The SMILES string of the molecule is CC(C)[Si]1(C(C)C)O[Si](C(C)C)(C(C)C)c2ccccc21. The number of rotatable bonds is 4. The molecule has 21 heavy (non-hydrogen) atoms. The van der Waals surface area contributed by atoms with Crippen LogP contribution in [0.15, 0.2) is 24.3 Å². The van der Waals surface area contributed by atoms with Gasteiger partial charge in [0.05, 0.1) is 0 Å². The van der Waals surface area contributed by atoms with Gasteiger partial charge in [0.1, 0.15) is 0 Å². The first kappa shape index (κ1) is 17.0. The van der Waals surface area contributed by atoms with Crippen LogP contribution in [0.4, 0.5) is 0 Å². The Kier molecular flexibility index (Phi) is 4.58. The van der Waals surface area contributed by atoms with E-state index in [2.05, 4.69) is 79.7 Å². The average molecular weight is 321 g/mol. The molecule has 1 nitrogen and oxygen atoms in total. The normalized spacial score (nSPS) is 19.8. The van der Waals surface area contributed by atoms with Gasteiger partial charge >= 0.3 is 0 Å². The Morgan fingerprint density at radius 1 is 0.619 bits per heavy atom. The van der Waals surface area contributed by atoms with Crippen LogP contribution in [0.3, 0.4) is 0 Å². The average Bonchev–Trinajstić information content (AvgIpc) is 2.72. The molecule has 118 valence electrons. The zero-order valence-electron chi connectivity index (χ0n) is 15.0. The summed E-state index contributed by atoms with van der Waals surface area (Å²) in [6.07, 6.45) is 0. The molecule has 0 aliphatic carbocycles. The lowest BCUT2D eigenvalue weighted by Gasteiger charge is -2.42. The van der Waals surface area contributed by atoms with E-state index in [-0.39, 0.29) is 0 Å². The molecule has 0 radical (unpaired) electrons. The standard InChI is InChI=1S/C18H32OSi2/c1-13(2)20(14(3)4)17-11-9-10-12-18(17)21(19-20,15(5)6)16(7)8/h9-16H,1-8H3. The van der Waals surface area contributed by atoms with E-state index in [0.29, 0.717) is 22.2 Å². The minimum absolute atomic E-state index is 0.630. The van der Waals surface area contributed by atoms with Gasteiger partial charge in [-0.1, -0.05) is 79.7 Å². The van der Waals surface area contributed by atoms with Gasteiger partial charge in [-0.05, 0) is 32.5 Å². The van der Waals surface area contributed by atoms with E-state index in [1.165, 1.54) is 0 Å². The molecule has 0 aromatic heterocycles. The Morgan fingerprint density at radius 3 is 1.14 bits per heavy atom. The molecule has 1 aromatic rings. The fourth-order valence-corrected chi connectivity index (χ4v) is 19.5. The summed E-state index contributed by atoms with van der Waals surface area (Å²) in [4.78, 5) is 0. The van der Waals surface area contributed by atoms with E-state index >= 15 is 0 Å². The Balaban J connectivity index is 2.78. The molecule has 0 amide bonds. The van der Waals surface area contributed by atoms with Crippen molar-refractivity contribution in [1.82, 2.24) is 0 Å². The lowest BCUT2D eigenvalue weighted by atomic mass is 10.4. The van der Waals surface area contributed by atoms with Gasteiger partial charge in [-0.3, -0.25) is 0 Å². The summed E-state index contributed by atoms with van der Waals surface area (Å²) in [5.41, 5.74) is 2.52. The lowest BCUT2D eigenvalue weighted by molar-refractivity contribution is 0.491. The second-order valence-electron chi connectivity index (χ2n) is 7.85. The Hall–Kier alpha value is -0.386. The summed E-state index contributed by atoms with van der Waals surface area (Å²) in [7, 11) is -3.81. The van der Waals surface area contributed by atoms with Gasteiger partial charge in [0.2, 0.25) is 16.6 Å². The Morgan fingerprint density at radius 2 is 0.905 bits per heavy atom. The van der Waals surface area contributed by atoms with Crippen LogP contribution in [0.5, 0.6) is 0 Å². The monoisotopic (exact) mass is 320 g/mol. The van der Waals surface area contributed by atoms with Gasteiger partial charge < -0.3 is 4.12 Å². The fraction of sp³-hybridized carbons (Fsp3) is 0.667. The maximum Gasteiger partial charge on any atom is 0.217 e. The van der Waals surface area contributed by atoms with Gasteiger partial charge in [-0.2, -0.15) is 0 Å². The third-order valence-electron chi connectivity index (χ3n) is 5.54. The minimum atomic E-state index is -1.91. The second kappa shape index (κ2) is 5.67. The zero-order valence-corrected chi connectivity index (χ0v) is 17.0. The molecule has 0 unspecified atom stereocenters. The molecule has 0 spiro atoms. The molecular weight excluding hydrogens is 288 g/mol. The largest absolute Gasteiger partial charge is 0.448 e. The summed E-state index contributed by atoms with van der Waals surface area (Å²) < 4.78 is 7.33. The zero-order chi connectivity index (χ0) is 16.0. The van der Waals surface area contributed by atoms with Crippen LogP contribution in [-0.4, -0.2) is 16.6 Å². The van der Waals surface area contributed by atoms with Crippen molar-refractivity contribution in [3.05, 3.63) is 24.3 Å². The highest BCUT2D eigenvalue weighted by molar-refractivity contribution is 7.09. The number of benzene rings is 1. The van der Waals surface area contributed by atoms with E-state index in [9.17, 15) is 0 Å². The summed E-state index contributed by atoms with van der Waals surface area (Å²) in [6.45, 7) is 19.1. The van der Waals surface area contributed by atoms with Crippen LogP contribution < -0.4 is 10.4 Å². The first-order valence-electron chi connectivity index (χ1n) is 8.51. The van der Waals surface area contributed by atoms with E-state index in [4.69, 9.17) is 4.12 Å². The molecule has 0 N–H and O–H groups in total. The molecule has 0 fully saturated rings. The van der Waals surface area contributed by atoms with Crippen molar-refractivity contribution in [3.63, 3.8) is 0 Å². The molecule has 0 bridgehead atoms. The molecule has 0 saturated carbocycles. The lowest BCUT2D eigenvalue weighted by Crippen LogP contribution is -2.56. The number of fused-ring (bicyclic) bond motifs is 1. The van der Waals surface area contributed by atoms with Gasteiger partial charge in [-0.25, -0.2) is 0 Å². The van der Waals surface area contributed by atoms with Gasteiger partial charge in [0, 0.05) is 0 Å². The summed E-state index contributed by atoms with van der Waals surface area (Å²) in [6, 6.07) is 9.22. The molecule has 1 aliphatic heterocycles. The highest BCUT2D eigenvalue weighted by Crippen LogP contribution is 2.46. The first-order valence-corrected chi connectivity index (χ1v) is 12.6. The predicted octanol–water partition coefficient (Wildman–Crippen LogP) is 4.66. The van der Waals surface area contributed by atoms with Crippen LogP contribution in [-0.2, 0) is 4.12 Å². The molecule has 1 heterocycles. The van der Waals surface area contributed by atoms with Crippen molar-refractivity contribution >= 4 is 27.0 Å². The van der Waals surface area contributed by atoms with Crippen molar-refractivity contribution in [1.29, 1.82) is 0 Å².